The Labute approximate surface area is 261 Å². The summed E-state index contributed by atoms with van der Waals surface area (Å²) in [5, 5.41) is 4.72. The molecule has 0 aliphatic heterocycles. The van der Waals surface area contributed by atoms with Crippen molar-refractivity contribution < 1.29 is 87.2 Å². The number of aromatic nitrogens is 4. The van der Waals surface area contributed by atoms with Gasteiger partial charge in [0.25, 0.3) is 0 Å². The second-order valence-corrected chi connectivity index (χ2v) is 9.85. The van der Waals surface area contributed by atoms with Crippen molar-refractivity contribution in [2.45, 2.75) is 45.9 Å². The monoisotopic (exact) mass is 584 g/mol. The number of nitrogens with one attached hydrogen (secondary N) is 1. The van der Waals surface area contributed by atoms with E-state index in [4.69, 9.17) is 9.47 Å². The minimum absolute atomic E-state index is 0. The third kappa shape index (κ3) is 8.74. The second kappa shape index (κ2) is 13.7. The second-order valence-electron chi connectivity index (χ2n) is 8.43. The molecule has 0 atom stereocenters. The minimum Gasteiger partial charge on any atom is -0.497 e. The van der Waals surface area contributed by atoms with E-state index in [0.29, 0.717) is 35.4 Å². The third-order valence-electron chi connectivity index (χ3n) is 5.22. The Morgan fingerprint density at radius 1 is 1.26 bits per heavy atom. The van der Waals surface area contributed by atoms with E-state index < -0.39 is 28.0 Å². The normalized spacial score (nSPS) is 12.1. The molecule has 1 amide bonds. The quantitative estimate of drug-likeness (QED) is 0.261. The van der Waals surface area contributed by atoms with E-state index in [1.54, 1.807) is 43.3 Å². The van der Waals surface area contributed by atoms with Crippen LogP contribution in [0.1, 0.15) is 37.1 Å². The molecule has 3 aromatic rings. The molecule has 0 fully saturated rings. The van der Waals surface area contributed by atoms with Crippen molar-refractivity contribution in [1.82, 2.24) is 24.1 Å². The van der Waals surface area contributed by atoms with E-state index in [9.17, 15) is 26.4 Å². The van der Waals surface area contributed by atoms with E-state index in [0.717, 1.165) is 17.8 Å². The number of hydrogen-bond acceptors (Lipinski definition) is 7. The molecule has 0 saturated carbocycles. The van der Waals surface area contributed by atoms with Crippen LogP contribution in [-0.2, 0) is 39.3 Å². The summed E-state index contributed by atoms with van der Waals surface area (Å²) < 4.78 is 81.3. The molecule has 0 saturated heterocycles. The van der Waals surface area contributed by atoms with Crippen molar-refractivity contribution in [2.24, 2.45) is 7.05 Å². The smallest absolute Gasteiger partial charge is 0.497 e. The van der Waals surface area contributed by atoms with Gasteiger partial charge in [0.2, 0.25) is 6.09 Å². The van der Waals surface area contributed by atoms with E-state index >= 15 is 0 Å². The van der Waals surface area contributed by atoms with Crippen molar-refractivity contribution in [3.63, 3.8) is 0 Å². The summed E-state index contributed by atoms with van der Waals surface area (Å²) in [4.78, 5) is 15.8. The SMILES string of the molecule is Cc1nn(C)c(-n2ccc3cc(C(F)(F)F)cnc32)c1CCCOC(=O)[N-]S(=O)(=O)NCCOC(C)C.[K+]. The number of fused-ring (bicyclic) bond motifs is 1. The number of amides is 1. The predicted molar refractivity (Wildman–Crippen MR) is 129 cm³/mol. The first-order valence-corrected chi connectivity index (χ1v) is 12.8. The molecule has 204 valence electrons. The maximum atomic E-state index is 13.0. The fourth-order valence-electron chi connectivity index (χ4n) is 3.66. The Hall–Kier alpha value is -1.53. The van der Waals surface area contributed by atoms with Gasteiger partial charge in [0.1, 0.15) is 11.5 Å². The molecule has 3 aromatic heterocycles. The molecule has 0 unspecified atom stereocenters. The molecule has 0 radical (unpaired) electrons. The molecule has 16 heteroatoms. The Balaban J connectivity index is 0.00000507. The van der Waals surface area contributed by atoms with Crippen LogP contribution < -0.4 is 56.1 Å². The summed E-state index contributed by atoms with van der Waals surface area (Å²) in [7, 11) is -2.52. The topological polar surface area (TPSA) is 131 Å². The van der Waals surface area contributed by atoms with Crippen LogP contribution in [0.15, 0.2) is 24.5 Å². The van der Waals surface area contributed by atoms with Crippen molar-refractivity contribution in [3.05, 3.63) is 46.1 Å². The molecule has 0 aliphatic rings. The largest absolute Gasteiger partial charge is 1.00 e. The molecular weight excluding hydrogens is 556 g/mol. The molecule has 3 rings (SSSR count). The number of halogens is 3. The van der Waals surface area contributed by atoms with E-state index in [1.165, 1.54) is 6.07 Å². The minimum atomic E-state index is -4.50. The first-order chi connectivity index (χ1) is 17.3. The van der Waals surface area contributed by atoms with Gasteiger partial charge in [-0.2, -0.15) is 18.3 Å². The summed E-state index contributed by atoms with van der Waals surface area (Å²) in [5.74, 6) is 0.603. The van der Waals surface area contributed by atoms with E-state index in [2.05, 4.69) is 19.5 Å². The van der Waals surface area contributed by atoms with Crippen LogP contribution in [0.3, 0.4) is 0 Å². The van der Waals surface area contributed by atoms with Gasteiger partial charge < -0.3 is 14.2 Å². The van der Waals surface area contributed by atoms with Gasteiger partial charge in [-0.15, -0.1) is 0 Å². The number of carbonyl (C=O) groups excluding carboxylic acids is 1. The number of alkyl halides is 3. The fourth-order valence-corrected chi connectivity index (χ4v) is 4.32. The number of pyridine rings is 1. The molecule has 0 bridgehead atoms. The molecular formula is C22H28F3KN6O5S. The standard InChI is InChI=1S/C22H29F3N6O5S.K/c1-14(2)35-11-8-27-37(33,34)29-21(32)36-10-5-6-18-15(3)28-30(4)20(18)31-9-7-16-12-17(22(23,24)25)13-26-19(16)31;/h7,9,12-14,27H,5-6,8,10-11H2,1-4H3,(H,29,32);/q;+1/p-1. The molecule has 38 heavy (non-hydrogen) atoms. The van der Waals surface area contributed by atoms with E-state index in [1.807, 2.05) is 0 Å². The first-order valence-electron chi connectivity index (χ1n) is 11.4. The van der Waals surface area contributed by atoms with Crippen LogP contribution in [0.25, 0.3) is 21.6 Å². The van der Waals surface area contributed by atoms with Gasteiger partial charge in [-0.05, 0) is 45.7 Å². The average molecular weight is 585 g/mol. The molecule has 0 aliphatic carbocycles. The molecule has 3 heterocycles. The molecule has 1 N–H and O–H groups in total. The van der Waals surface area contributed by atoms with Crippen LogP contribution in [0.2, 0.25) is 0 Å². The van der Waals surface area contributed by atoms with Crippen molar-refractivity contribution in [2.75, 3.05) is 19.8 Å². The zero-order valence-corrected chi connectivity index (χ0v) is 25.7. The maximum Gasteiger partial charge on any atom is 1.00 e. The molecule has 11 nitrogen and oxygen atoms in total. The number of nitrogens with zero attached hydrogens (tertiary/aromatic N) is 5. The molecule has 0 aromatic carbocycles. The fraction of sp³-hybridized carbons (Fsp3) is 0.500. The zero-order valence-electron chi connectivity index (χ0n) is 21.7. The van der Waals surface area contributed by atoms with Crippen LogP contribution in [0.4, 0.5) is 18.0 Å². The van der Waals surface area contributed by atoms with Gasteiger partial charge in [0.15, 0.2) is 10.2 Å². The zero-order chi connectivity index (χ0) is 27.4. The Morgan fingerprint density at radius 2 is 1.97 bits per heavy atom. The number of carbonyl (C=O) groups is 1. The Bertz CT molecular complexity index is 1360. The number of rotatable bonds is 11. The van der Waals surface area contributed by atoms with Crippen LogP contribution in [0.5, 0.6) is 0 Å². The van der Waals surface area contributed by atoms with Crippen molar-refractivity contribution in [1.29, 1.82) is 0 Å². The number of hydrogen-bond donors (Lipinski definition) is 1. The van der Waals surface area contributed by atoms with Gasteiger partial charge in [-0.1, -0.05) is 0 Å². The first kappa shape index (κ1) is 32.7. The predicted octanol–water partition coefficient (Wildman–Crippen LogP) is 0.793. The Morgan fingerprint density at radius 3 is 2.63 bits per heavy atom. The summed E-state index contributed by atoms with van der Waals surface area (Å²) in [6.45, 7) is 5.36. The summed E-state index contributed by atoms with van der Waals surface area (Å²) in [6.07, 6.45) is -2.71. The van der Waals surface area contributed by atoms with E-state index in [-0.39, 0.29) is 77.2 Å². The van der Waals surface area contributed by atoms with Gasteiger partial charge in [0.05, 0.1) is 30.6 Å². The van der Waals surface area contributed by atoms with Gasteiger partial charge in [-0.25, -0.2) is 18.1 Å². The van der Waals surface area contributed by atoms with Crippen LogP contribution in [0, 0.1) is 6.92 Å². The number of ether oxygens (including phenoxy) is 2. The maximum absolute atomic E-state index is 13.0. The summed E-state index contributed by atoms with van der Waals surface area (Å²) >= 11 is 0. The van der Waals surface area contributed by atoms with Crippen molar-refractivity contribution >= 4 is 27.3 Å². The van der Waals surface area contributed by atoms with Gasteiger partial charge in [0, 0.05) is 36.9 Å². The summed E-state index contributed by atoms with van der Waals surface area (Å²) in [5.41, 5.74) is 0.943. The third-order valence-corrected chi connectivity index (χ3v) is 6.18. The summed E-state index contributed by atoms with van der Waals surface area (Å²) in [6, 6.07) is 2.57. The van der Waals surface area contributed by atoms with Crippen molar-refractivity contribution in [3.8, 4) is 5.82 Å². The van der Waals surface area contributed by atoms with Crippen LogP contribution >= 0.6 is 0 Å². The molecule has 0 spiro atoms. The van der Waals surface area contributed by atoms with Crippen LogP contribution in [-0.4, -0.2) is 59.7 Å². The average Bonchev–Trinajstić information content (AvgIpc) is 3.32. The number of aryl methyl sites for hydroxylation is 2. The van der Waals surface area contributed by atoms with Gasteiger partial charge >= 0.3 is 57.6 Å². The van der Waals surface area contributed by atoms with Gasteiger partial charge in [-0.3, -0.25) is 14.0 Å². The Kier molecular flexibility index (Phi) is 11.8.